The Morgan fingerprint density at radius 3 is 2.38 bits per heavy atom. The molecule has 5 heteroatoms. The van der Waals surface area contributed by atoms with E-state index >= 15 is 0 Å². The fraction of sp³-hybridized carbons (Fsp3) is 0.158. The maximum Gasteiger partial charge on any atom is 0.274 e. The maximum absolute atomic E-state index is 12.6. The van der Waals surface area contributed by atoms with E-state index in [1.165, 1.54) is 5.56 Å². The van der Waals surface area contributed by atoms with E-state index in [1.54, 1.807) is 10.8 Å². The number of carbonyl (C=O) groups is 1. The Labute approximate surface area is 146 Å². The van der Waals surface area contributed by atoms with E-state index in [-0.39, 0.29) is 5.91 Å². The van der Waals surface area contributed by atoms with Gasteiger partial charge >= 0.3 is 0 Å². The summed E-state index contributed by atoms with van der Waals surface area (Å²) in [7, 11) is 0. The maximum atomic E-state index is 12.6. The molecule has 1 aromatic heterocycles. The first-order valence-electron chi connectivity index (χ1n) is 7.83. The van der Waals surface area contributed by atoms with Gasteiger partial charge in [0.15, 0.2) is 4.77 Å². The van der Waals surface area contributed by atoms with Gasteiger partial charge in [-0.05, 0) is 48.0 Å². The van der Waals surface area contributed by atoms with Crippen molar-refractivity contribution in [3.05, 3.63) is 76.8 Å². The third-order valence-corrected chi connectivity index (χ3v) is 4.16. The van der Waals surface area contributed by atoms with Crippen molar-refractivity contribution in [1.29, 1.82) is 0 Å². The van der Waals surface area contributed by atoms with E-state index < -0.39 is 0 Å². The standard InChI is InChI=1S/C19H19N3OS/c1-13(2)14-8-10-15(11-9-14)21-18(23)17-12-20-19(24)22(17)16-6-4-3-5-7-16/h3-13H,1-2H3,(H,20,24)(H,21,23). The molecule has 0 radical (unpaired) electrons. The van der Waals surface area contributed by atoms with Crippen LogP contribution in [0.5, 0.6) is 0 Å². The Morgan fingerprint density at radius 1 is 1.08 bits per heavy atom. The molecule has 3 aromatic rings. The molecule has 0 spiro atoms. The molecule has 1 heterocycles. The zero-order valence-corrected chi connectivity index (χ0v) is 14.4. The van der Waals surface area contributed by atoms with Gasteiger partial charge in [0.2, 0.25) is 0 Å². The molecule has 0 atom stereocenters. The van der Waals surface area contributed by atoms with Crippen molar-refractivity contribution in [2.75, 3.05) is 5.32 Å². The van der Waals surface area contributed by atoms with Crippen molar-refractivity contribution < 1.29 is 4.79 Å². The second-order valence-corrected chi connectivity index (χ2v) is 6.27. The number of imidazole rings is 1. The van der Waals surface area contributed by atoms with Crippen molar-refractivity contribution >= 4 is 23.8 Å². The molecular formula is C19H19N3OS. The van der Waals surface area contributed by atoms with Crippen LogP contribution >= 0.6 is 12.2 Å². The number of nitrogens with zero attached hydrogens (tertiary/aromatic N) is 1. The summed E-state index contributed by atoms with van der Waals surface area (Å²) in [5.74, 6) is 0.255. The van der Waals surface area contributed by atoms with Crippen molar-refractivity contribution in [2.24, 2.45) is 0 Å². The van der Waals surface area contributed by atoms with Gasteiger partial charge in [-0.2, -0.15) is 0 Å². The zero-order valence-electron chi connectivity index (χ0n) is 13.6. The van der Waals surface area contributed by atoms with Gasteiger partial charge in [0.05, 0.1) is 0 Å². The van der Waals surface area contributed by atoms with Crippen LogP contribution in [0.1, 0.15) is 35.8 Å². The molecule has 0 bridgehead atoms. The lowest BCUT2D eigenvalue weighted by Crippen LogP contribution is -2.16. The minimum atomic E-state index is -0.205. The summed E-state index contributed by atoms with van der Waals surface area (Å²) in [6, 6.07) is 17.5. The van der Waals surface area contributed by atoms with Crippen LogP contribution < -0.4 is 5.32 Å². The summed E-state index contributed by atoms with van der Waals surface area (Å²) in [5, 5.41) is 2.92. The Bertz CT molecular complexity index is 892. The number of hydrogen-bond acceptors (Lipinski definition) is 2. The summed E-state index contributed by atoms with van der Waals surface area (Å²) < 4.78 is 2.22. The van der Waals surface area contributed by atoms with Gasteiger partial charge in [-0.3, -0.25) is 9.36 Å². The largest absolute Gasteiger partial charge is 0.336 e. The van der Waals surface area contributed by atoms with E-state index in [1.807, 2.05) is 54.6 Å². The van der Waals surface area contributed by atoms with Gasteiger partial charge in [-0.1, -0.05) is 44.2 Å². The number of aromatic nitrogens is 2. The molecule has 4 nitrogen and oxygen atoms in total. The SMILES string of the molecule is CC(C)c1ccc(NC(=O)c2c[nH]c(=S)n2-c2ccccc2)cc1. The number of para-hydroxylation sites is 1. The average Bonchev–Trinajstić information content (AvgIpc) is 2.98. The number of aromatic amines is 1. The van der Waals surface area contributed by atoms with E-state index in [0.29, 0.717) is 16.4 Å². The summed E-state index contributed by atoms with van der Waals surface area (Å²) in [6.07, 6.45) is 1.63. The summed E-state index contributed by atoms with van der Waals surface area (Å²) >= 11 is 5.31. The highest BCUT2D eigenvalue weighted by molar-refractivity contribution is 7.71. The lowest BCUT2D eigenvalue weighted by molar-refractivity contribution is 0.102. The highest BCUT2D eigenvalue weighted by atomic mass is 32.1. The molecule has 122 valence electrons. The Kier molecular flexibility index (Phi) is 4.62. The van der Waals surface area contributed by atoms with Crippen LogP contribution in [0.25, 0.3) is 5.69 Å². The summed E-state index contributed by atoms with van der Waals surface area (Å²) in [6.45, 7) is 4.28. The van der Waals surface area contributed by atoms with Gasteiger partial charge in [0.1, 0.15) is 5.69 Å². The van der Waals surface area contributed by atoms with Gasteiger partial charge in [0, 0.05) is 17.6 Å². The van der Waals surface area contributed by atoms with Gasteiger partial charge in [0.25, 0.3) is 5.91 Å². The number of hydrogen-bond donors (Lipinski definition) is 2. The molecule has 0 aliphatic rings. The first kappa shape index (κ1) is 16.2. The quantitative estimate of drug-likeness (QED) is 0.665. The normalized spacial score (nSPS) is 10.8. The van der Waals surface area contributed by atoms with Crippen LogP contribution in [-0.2, 0) is 0 Å². The van der Waals surface area contributed by atoms with Gasteiger partial charge in [-0.25, -0.2) is 0 Å². The number of nitrogens with one attached hydrogen (secondary N) is 2. The molecule has 3 rings (SSSR count). The smallest absolute Gasteiger partial charge is 0.274 e. The average molecular weight is 337 g/mol. The van der Waals surface area contributed by atoms with E-state index in [2.05, 4.69) is 24.1 Å². The van der Waals surface area contributed by atoms with E-state index in [4.69, 9.17) is 12.2 Å². The van der Waals surface area contributed by atoms with Crippen LogP contribution in [0.2, 0.25) is 0 Å². The fourth-order valence-corrected chi connectivity index (χ4v) is 2.78. The monoisotopic (exact) mass is 337 g/mol. The minimum Gasteiger partial charge on any atom is -0.336 e. The number of rotatable bonds is 4. The highest BCUT2D eigenvalue weighted by Gasteiger charge is 2.14. The molecule has 0 saturated heterocycles. The first-order valence-corrected chi connectivity index (χ1v) is 8.24. The third-order valence-electron chi connectivity index (χ3n) is 3.86. The first-order chi connectivity index (χ1) is 11.6. The van der Waals surface area contributed by atoms with Crippen molar-refractivity contribution in [3.8, 4) is 5.69 Å². The predicted octanol–water partition coefficient (Wildman–Crippen LogP) is 4.91. The van der Waals surface area contributed by atoms with Gasteiger partial charge < -0.3 is 10.3 Å². The van der Waals surface area contributed by atoms with Crippen molar-refractivity contribution in [1.82, 2.24) is 9.55 Å². The van der Waals surface area contributed by atoms with E-state index in [0.717, 1.165) is 11.4 Å². The summed E-state index contributed by atoms with van der Waals surface area (Å²) in [5.41, 5.74) is 3.32. The molecule has 0 unspecified atom stereocenters. The fourth-order valence-electron chi connectivity index (χ4n) is 2.52. The van der Waals surface area contributed by atoms with Crippen molar-refractivity contribution in [3.63, 3.8) is 0 Å². The van der Waals surface area contributed by atoms with Crippen molar-refractivity contribution in [2.45, 2.75) is 19.8 Å². The number of H-pyrrole nitrogens is 1. The minimum absolute atomic E-state index is 0.205. The third kappa shape index (κ3) is 3.31. The Hall–Kier alpha value is -2.66. The van der Waals surface area contributed by atoms with Crippen LogP contribution in [-0.4, -0.2) is 15.5 Å². The predicted molar refractivity (Wildman–Crippen MR) is 99.4 cm³/mol. The molecular weight excluding hydrogens is 318 g/mol. The molecule has 24 heavy (non-hydrogen) atoms. The summed E-state index contributed by atoms with van der Waals surface area (Å²) in [4.78, 5) is 15.6. The van der Waals surface area contributed by atoms with Crippen LogP contribution in [0.15, 0.2) is 60.8 Å². The second-order valence-electron chi connectivity index (χ2n) is 5.88. The highest BCUT2D eigenvalue weighted by Crippen LogP contribution is 2.18. The molecule has 0 fully saturated rings. The number of amides is 1. The topological polar surface area (TPSA) is 49.8 Å². The zero-order chi connectivity index (χ0) is 17.1. The Morgan fingerprint density at radius 2 is 1.75 bits per heavy atom. The van der Waals surface area contributed by atoms with Crippen LogP contribution in [0.4, 0.5) is 5.69 Å². The number of anilines is 1. The molecule has 2 aromatic carbocycles. The molecule has 1 amide bonds. The lowest BCUT2D eigenvalue weighted by Gasteiger charge is -2.10. The van der Waals surface area contributed by atoms with E-state index in [9.17, 15) is 4.79 Å². The van der Waals surface area contributed by atoms with Gasteiger partial charge in [-0.15, -0.1) is 0 Å². The molecule has 0 aliphatic heterocycles. The second kappa shape index (κ2) is 6.84. The molecule has 0 aliphatic carbocycles. The Balaban J connectivity index is 1.87. The number of benzene rings is 2. The molecule has 0 saturated carbocycles. The van der Waals surface area contributed by atoms with Crippen LogP contribution in [0, 0.1) is 4.77 Å². The molecule has 2 N–H and O–H groups in total. The number of carbonyl (C=O) groups excluding carboxylic acids is 1. The lowest BCUT2D eigenvalue weighted by atomic mass is 10.0. The van der Waals surface area contributed by atoms with Crippen LogP contribution in [0.3, 0.4) is 0 Å².